The molecule has 2 aliphatic rings. The van der Waals surface area contributed by atoms with Crippen LogP contribution in [0.25, 0.3) is 0 Å². The van der Waals surface area contributed by atoms with Gasteiger partial charge in [0.2, 0.25) is 0 Å². The van der Waals surface area contributed by atoms with Crippen LogP contribution in [0.5, 0.6) is 0 Å². The van der Waals surface area contributed by atoms with Crippen molar-refractivity contribution in [2.24, 2.45) is 0 Å². The van der Waals surface area contributed by atoms with E-state index in [9.17, 15) is 0 Å². The molecule has 116 valence electrons. The molecule has 0 amide bonds. The van der Waals surface area contributed by atoms with Gasteiger partial charge in [-0.15, -0.1) is 0 Å². The number of hydrogen-bond acceptors (Lipinski definition) is 4. The molecule has 4 nitrogen and oxygen atoms in total. The Morgan fingerprint density at radius 2 is 1.76 bits per heavy atom. The highest BCUT2D eigenvalue weighted by atomic mass is 79.9. The molecule has 21 heavy (non-hydrogen) atoms. The average molecular weight is 353 g/mol. The van der Waals surface area contributed by atoms with Crippen molar-refractivity contribution in [1.29, 1.82) is 0 Å². The molecule has 0 N–H and O–H groups in total. The van der Waals surface area contributed by atoms with Gasteiger partial charge in [-0.25, -0.2) is 4.98 Å². The Bertz CT molecular complexity index is 477. The van der Waals surface area contributed by atoms with Crippen LogP contribution < -0.4 is 4.90 Å². The molecular weight excluding hydrogens is 328 g/mol. The van der Waals surface area contributed by atoms with Gasteiger partial charge in [0.15, 0.2) is 0 Å². The van der Waals surface area contributed by atoms with Gasteiger partial charge in [0.25, 0.3) is 0 Å². The lowest BCUT2D eigenvalue weighted by Crippen LogP contribution is -2.52. The van der Waals surface area contributed by atoms with Crippen LogP contribution in [0.1, 0.15) is 18.4 Å². The van der Waals surface area contributed by atoms with Gasteiger partial charge in [-0.05, 0) is 54.4 Å². The predicted octanol–water partition coefficient (Wildman–Crippen LogP) is 2.37. The smallest absolute Gasteiger partial charge is 0.131 e. The normalized spacial score (nSPS) is 22.7. The molecule has 2 aliphatic heterocycles. The molecule has 2 saturated heterocycles. The number of hydrogen-bond donors (Lipinski definition) is 0. The van der Waals surface area contributed by atoms with E-state index in [1.807, 2.05) is 6.20 Å². The molecule has 2 fully saturated rings. The summed E-state index contributed by atoms with van der Waals surface area (Å²) in [6, 6.07) is 2.93. The number of aromatic nitrogens is 1. The summed E-state index contributed by atoms with van der Waals surface area (Å²) >= 11 is 3.50. The van der Waals surface area contributed by atoms with Crippen LogP contribution in [-0.4, -0.2) is 67.1 Å². The highest BCUT2D eigenvalue weighted by Crippen LogP contribution is 2.25. The number of piperazine rings is 1. The third-order valence-corrected chi connectivity index (χ3v) is 5.27. The van der Waals surface area contributed by atoms with Gasteiger partial charge in [-0.2, -0.15) is 0 Å². The van der Waals surface area contributed by atoms with Gasteiger partial charge in [0.1, 0.15) is 5.82 Å². The first-order valence-electron chi connectivity index (χ1n) is 7.93. The highest BCUT2D eigenvalue weighted by molar-refractivity contribution is 9.10. The molecule has 0 unspecified atom stereocenters. The van der Waals surface area contributed by atoms with Crippen LogP contribution in [-0.2, 0) is 0 Å². The third-order valence-electron chi connectivity index (χ3n) is 4.84. The van der Waals surface area contributed by atoms with Crippen LogP contribution in [0.15, 0.2) is 16.7 Å². The molecule has 0 spiro atoms. The summed E-state index contributed by atoms with van der Waals surface area (Å²) in [7, 11) is 2.22. The lowest BCUT2D eigenvalue weighted by atomic mass is 10.0. The molecule has 1 aromatic rings. The fourth-order valence-corrected chi connectivity index (χ4v) is 3.94. The van der Waals surface area contributed by atoms with E-state index in [0.29, 0.717) is 0 Å². The molecular formula is C16H25BrN4. The monoisotopic (exact) mass is 352 g/mol. The van der Waals surface area contributed by atoms with Crippen molar-refractivity contribution in [1.82, 2.24) is 14.8 Å². The maximum Gasteiger partial charge on any atom is 0.131 e. The molecule has 0 aliphatic carbocycles. The van der Waals surface area contributed by atoms with Crippen molar-refractivity contribution in [2.75, 3.05) is 51.2 Å². The first kappa shape index (κ1) is 15.3. The second-order valence-electron chi connectivity index (χ2n) is 6.35. The number of piperidine rings is 1. The van der Waals surface area contributed by atoms with Gasteiger partial charge in [0, 0.05) is 56.0 Å². The average Bonchev–Trinajstić information content (AvgIpc) is 2.48. The second-order valence-corrected chi connectivity index (χ2v) is 7.27. The van der Waals surface area contributed by atoms with E-state index in [0.717, 1.165) is 29.4 Å². The fraction of sp³-hybridized carbons (Fsp3) is 0.688. The van der Waals surface area contributed by atoms with E-state index >= 15 is 0 Å². The van der Waals surface area contributed by atoms with Crippen LogP contribution in [0.3, 0.4) is 0 Å². The van der Waals surface area contributed by atoms with E-state index in [4.69, 9.17) is 0 Å². The maximum absolute atomic E-state index is 4.61. The van der Waals surface area contributed by atoms with Gasteiger partial charge in [-0.1, -0.05) is 0 Å². The van der Waals surface area contributed by atoms with Gasteiger partial charge in [0.05, 0.1) is 0 Å². The maximum atomic E-state index is 4.61. The minimum Gasteiger partial charge on any atom is -0.356 e. The van der Waals surface area contributed by atoms with Crippen LogP contribution in [0.4, 0.5) is 5.82 Å². The van der Waals surface area contributed by atoms with Crippen molar-refractivity contribution < 1.29 is 0 Å². The molecule has 3 rings (SSSR count). The van der Waals surface area contributed by atoms with Crippen molar-refractivity contribution in [2.45, 2.75) is 25.8 Å². The quantitative estimate of drug-likeness (QED) is 0.814. The summed E-state index contributed by atoms with van der Waals surface area (Å²) in [6.07, 6.45) is 4.44. The molecule has 0 aromatic carbocycles. The summed E-state index contributed by atoms with van der Waals surface area (Å²) in [6.45, 7) is 9.31. The van der Waals surface area contributed by atoms with E-state index in [-0.39, 0.29) is 0 Å². The zero-order chi connectivity index (χ0) is 14.8. The summed E-state index contributed by atoms with van der Waals surface area (Å²) in [4.78, 5) is 12.2. The number of aryl methyl sites for hydroxylation is 1. The topological polar surface area (TPSA) is 22.6 Å². The van der Waals surface area contributed by atoms with Crippen LogP contribution in [0, 0.1) is 6.92 Å². The molecule has 0 atom stereocenters. The zero-order valence-corrected chi connectivity index (χ0v) is 14.6. The Morgan fingerprint density at radius 3 is 2.38 bits per heavy atom. The Kier molecular flexibility index (Phi) is 4.82. The van der Waals surface area contributed by atoms with Crippen molar-refractivity contribution in [3.05, 3.63) is 22.3 Å². The molecule has 0 radical (unpaired) electrons. The van der Waals surface area contributed by atoms with E-state index < -0.39 is 0 Å². The van der Waals surface area contributed by atoms with E-state index in [1.165, 1.54) is 44.6 Å². The summed E-state index contributed by atoms with van der Waals surface area (Å²) in [5.41, 5.74) is 1.27. The number of halogens is 1. The van der Waals surface area contributed by atoms with Gasteiger partial charge in [-0.3, -0.25) is 4.90 Å². The molecule has 1 aromatic heterocycles. The number of pyridine rings is 1. The highest BCUT2D eigenvalue weighted by Gasteiger charge is 2.27. The summed E-state index contributed by atoms with van der Waals surface area (Å²) < 4.78 is 1.07. The minimum atomic E-state index is 0.769. The third kappa shape index (κ3) is 3.58. The number of anilines is 1. The van der Waals surface area contributed by atoms with Crippen LogP contribution in [0.2, 0.25) is 0 Å². The zero-order valence-electron chi connectivity index (χ0n) is 13.1. The Labute approximate surface area is 136 Å². The fourth-order valence-electron chi connectivity index (χ4n) is 3.49. The Balaban J connectivity index is 1.57. The molecule has 5 heteroatoms. The first-order chi connectivity index (χ1) is 10.1. The van der Waals surface area contributed by atoms with E-state index in [1.54, 1.807) is 0 Å². The minimum absolute atomic E-state index is 0.769. The lowest BCUT2D eigenvalue weighted by Gasteiger charge is -2.42. The second kappa shape index (κ2) is 6.63. The first-order valence-corrected chi connectivity index (χ1v) is 8.72. The molecule has 3 heterocycles. The van der Waals surface area contributed by atoms with Gasteiger partial charge < -0.3 is 9.80 Å². The lowest BCUT2D eigenvalue weighted by molar-refractivity contribution is 0.0981. The summed E-state index contributed by atoms with van der Waals surface area (Å²) in [5, 5.41) is 0. The Hall–Kier alpha value is -0.650. The van der Waals surface area contributed by atoms with Crippen molar-refractivity contribution >= 4 is 21.7 Å². The summed E-state index contributed by atoms with van der Waals surface area (Å²) in [5.74, 6) is 1.16. The standard InChI is InChI=1S/C16H25BrN4/c1-13-11-14(17)12-18-16(13)21-5-3-15(4-6-21)20-9-7-19(2)8-10-20/h11-12,15H,3-10H2,1-2H3. The number of nitrogens with zero attached hydrogens (tertiary/aromatic N) is 4. The van der Waals surface area contributed by atoms with Crippen LogP contribution >= 0.6 is 15.9 Å². The van der Waals surface area contributed by atoms with Crippen molar-refractivity contribution in [3.63, 3.8) is 0 Å². The largest absolute Gasteiger partial charge is 0.356 e. The van der Waals surface area contributed by atoms with E-state index in [2.05, 4.69) is 55.7 Å². The molecule has 0 saturated carbocycles. The number of likely N-dealkylation sites (N-methyl/N-ethyl adjacent to an activating group) is 1. The predicted molar refractivity (Wildman–Crippen MR) is 91.0 cm³/mol. The van der Waals surface area contributed by atoms with Gasteiger partial charge >= 0.3 is 0 Å². The number of rotatable bonds is 2. The Morgan fingerprint density at radius 1 is 1.10 bits per heavy atom. The van der Waals surface area contributed by atoms with Crippen molar-refractivity contribution in [3.8, 4) is 0 Å². The SMILES string of the molecule is Cc1cc(Br)cnc1N1CCC(N2CCN(C)CC2)CC1. The molecule has 0 bridgehead atoms.